The first kappa shape index (κ1) is 16.2. The number of carbonyl (C=O) groups excluding carboxylic acids is 1. The molecule has 0 radical (unpaired) electrons. The number of halogens is 2. The molecule has 2 rings (SSSR count). The van der Waals surface area contributed by atoms with Crippen LogP contribution < -0.4 is 0 Å². The van der Waals surface area contributed by atoms with Crippen LogP contribution in [-0.4, -0.2) is 34.2 Å². The summed E-state index contributed by atoms with van der Waals surface area (Å²) in [5, 5.41) is 0. The molecule has 1 unspecified atom stereocenters. The molecule has 0 N–H and O–H groups in total. The van der Waals surface area contributed by atoms with E-state index in [9.17, 15) is 17.6 Å². The van der Waals surface area contributed by atoms with Crippen molar-refractivity contribution in [1.29, 1.82) is 0 Å². The highest BCUT2D eigenvalue weighted by atomic mass is 35.7. The van der Waals surface area contributed by atoms with E-state index in [0.29, 0.717) is 13.2 Å². The molecular formula is C13H14ClFO5S. The van der Waals surface area contributed by atoms with Gasteiger partial charge in [-0.05, 0) is 31.0 Å². The molecule has 1 fully saturated rings. The highest BCUT2D eigenvalue weighted by Gasteiger charge is 2.23. The minimum Gasteiger partial charge on any atom is -0.462 e. The molecule has 1 aromatic rings. The Hall–Kier alpha value is -1.18. The number of benzene rings is 1. The Morgan fingerprint density at radius 3 is 2.81 bits per heavy atom. The van der Waals surface area contributed by atoms with Crippen LogP contribution in [0.2, 0.25) is 0 Å². The van der Waals surface area contributed by atoms with Crippen LogP contribution in [0.1, 0.15) is 22.3 Å². The van der Waals surface area contributed by atoms with Gasteiger partial charge in [-0.2, -0.15) is 0 Å². The number of carbonyl (C=O) groups is 1. The first-order valence-corrected chi connectivity index (χ1v) is 8.59. The fourth-order valence-electron chi connectivity index (χ4n) is 2.06. The van der Waals surface area contributed by atoms with Gasteiger partial charge in [0.2, 0.25) is 0 Å². The molecular weight excluding hydrogens is 323 g/mol. The van der Waals surface area contributed by atoms with Crippen LogP contribution in [0.15, 0.2) is 17.0 Å². The lowest BCUT2D eigenvalue weighted by Crippen LogP contribution is -2.16. The fraction of sp³-hybridized carbons (Fsp3) is 0.462. The Labute approximate surface area is 126 Å². The van der Waals surface area contributed by atoms with E-state index in [1.165, 1.54) is 6.92 Å². The van der Waals surface area contributed by atoms with Gasteiger partial charge >= 0.3 is 5.97 Å². The quantitative estimate of drug-likeness (QED) is 0.623. The van der Waals surface area contributed by atoms with Crippen LogP contribution in [0.3, 0.4) is 0 Å². The van der Waals surface area contributed by atoms with E-state index in [1.54, 1.807) is 0 Å². The molecule has 8 heteroatoms. The van der Waals surface area contributed by atoms with Gasteiger partial charge in [0.05, 0.1) is 23.7 Å². The monoisotopic (exact) mass is 336 g/mol. The zero-order valence-corrected chi connectivity index (χ0v) is 12.8. The van der Waals surface area contributed by atoms with Crippen LogP contribution in [0.25, 0.3) is 0 Å². The maximum atomic E-state index is 13.8. The molecule has 5 nitrogen and oxygen atoms in total. The number of rotatable bonds is 4. The highest BCUT2D eigenvalue weighted by Crippen LogP contribution is 2.24. The summed E-state index contributed by atoms with van der Waals surface area (Å²) in [4.78, 5) is 11.6. The lowest BCUT2D eigenvalue weighted by atomic mass is 10.1. The van der Waals surface area contributed by atoms with Crippen molar-refractivity contribution in [3.8, 4) is 0 Å². The van der Waals surface area contributed by atoms with E-state index in [2.05, 4.69) is 0 Å². The van der Waals surface area contributed by atoms with Crippen molar-refractivity contribution in [2.75, 3.05) is 19.8 Å². The van der Waals surface area contributed by atoms with Gasteiger partial charge in [0.1, 0.15) is 5.82 Å². The Balaban J connectivity index is 2.20. The lowest BCUT2D eigenvalue weighted by Gasteiger charge is -2.11. The lowest BCUT2D eigenvalue weighted by molar-refractivity contribution is 0.0422. The third-order valence-electron chi connectivity index (χ3n) is 3.22. The number of hydrogen-bond acceptors (Lipinski definition) is 5. The third-order valence-corrected chi connectivity index (χ3v) is 4.69. The number of ether oxygens (including phenoxy) is 2. The van der Waals surface area contributed by atoms with Crippen LogP contribution >= 0.6 is 10.7 Å². The second-order valence-corrected chi connectivity index (χ2v) is 7.40. The largest absolute Gasteiger partial charge is 0.462 e. The first-order valence-electron chi connectivity index (χ1n) is 6.28. The molecule has 1 heterocycles. The van der Waals surface area contributed by atoms with Crippen LogP contribution in [0.5, 0.6) is 0 Å². The fourth-order valence-corrected chi connectivity index (χ4v) is 3.26. The number of hydrogen-bond donors (Lipinski definition) is 0. The predicted molar refractivity (Wildman–Crippen MR) is 73.4 cm³/mol. The van der Waals surface area contributed by atoms with E-state index >= 15 is 0 Å². The van der Waals surface area contributed by atoms with Crippen LogP contribution in [0, 0.1) is 18.7 Å². The van der Waals surface area contributed by atoms with Gasteiger partial charge in [-0.25, -0.2) is 17.6 Å². The molecule has 116 valence electrons. The Morgan fingerprint density at radius 2 is 2.24 bits per heavy atom. The molecule has 1 aromatic carbocycles. The summed E-state index contributed by atoms with van der Waals surface area (Å²) < 4.78 is 46.7. The van der Waals surface area contributed by atoms with E-state index in [4.69, 9.17) is 20.2 Å². The van der Waals surface area contributed by atoms with Gasteiger partial charge in [0.25, 0.3) is 9.05 Å². The number of esters is 1. The van der Waals surface area contributed by atoms with Gasteiger partial charge in [-0.3, -0.25) is 0 Å². The topological polar surface area (TPSA) is 69.7 Å². The second kappa shape index (κ2) is 6.29. The summed E-state index contributed by atoms with van der Waals surface area (Å²) in [5.41, 5.74) is -0.318. The van der Waals surface area contributed by atoms with Crippen molar-refractivity contribution in [3.05, 3.63) is 29.1 Å². The molecule has 0 amide bonds. The Bertz CT molecular complexity index is 653. The predicted octanol–water partition coefficient (Wildman–Crippen LogP) is 2.25. The van der Waals surface area contributed by atoms with Gasteiger partial charge in [0.15, 0.2) is 0 Å². The summed E-state index contributed by atoms with van der Waals surface area (Å²) in [6.45, 7) is 2.60. The summed E-state index contributed by atoms with van der Waals surface area (Å²) in [7, 11) is 1.20. The zero-order valence-electron chi connectivity index (χ0n) is 11.3. The molecule has 1 saturated heterocycles. The zero-order chi connectivity index (χ0) is 15.6. The smallest absolute Gasteiger partial charge is 0.341 e. The maximum Gasteiger partial charge on any atom is 0.341 e. The molecule has 0 bridgehead atoms. The van der Waals surface area contributed by atoms with E-state index in [-0.39, 0.29) is 23.0 Å². The van der Waals surface area contributed by atoms with Crippen LogP contribution in [0.4, 0.5) is 4.39 Å². The maximum absolute atomic E-state index is 13.8. The summed E-state index contributed by atoms with van der Waals surface area (Å²) in [5.74, 6) is -1.68. The molecule has 0 aliphatic carbocycles. The molecule has 1 aliphatic rings. The van der Waals surface area contributed by atoms with Gasteiger partial charge in [-0.1, -0.05) is 0 Å². The Kier molecular flexibility index (Phi) is 4.85. The summed E-state index contributed by atoms with van der Waals surface area (Å²) >= 11 is 0. The summed E-state index contributed by atoms with van der Waals surface area (Å²) in [6, 6.07) is 1.85. The normalized spacial score (nSPS) is 18.7. The minimum absolute atomic E-state index is 0.0821. The molecule has 0 saturated carbocycles. The molecule has 21 heavy (non-hydrogen) atoms. The summed E-state index contributed by atoms with van der Waals surface area (Å²) in [6.07, 6.45) is 0.769. The van der Waals surface area contributed by atoms with Crippen molar-refractivity contribution in [3.63, 3.8) is 0 Å². The van der Waals surface area contributed by atoms with Crippen LogP contribution in [-0.2, 0) is 18.5 Å². The van der Waals surface area contributed by atoms with Gasteiger partial charge in [-0.15, -0.1) is 0 Å². The average molecular weight is 337 g/mol. The second-order valence-electron chi connectivity index (χ2n) is 4.86. The van der Waals surface area contributed by atoms with Crippen molar-refractivity contribution in [2.45, 2.75) is 18.2 Å². The van der Waals surface area contributed by atoms with E-state index < -0.39 is 26.4 Å². The SMILES string of the molecule is Cc1cc(F)c(C(=O)OCC2CCOC2)cc1S(=O)(=O)Cl. The van der Waals surface area contributed by atoms with Gasteiger partial charge < -0.3 is 9.47 Å². The van der Waals surface area contributed by atoms with E-state index in [0.717, 1.165) is 18.6 Å². The molecule has 0 aromatic heterocycles. The average Bonchev–Trinajstić information content (AvgIpc) is 2.87. The molecule has 1 aliphatic heterocycles. The minimum atomic E-state index is -4.06. The molecule has 0 spiro atoms. The van der Waals surface area contributed by atoms with E-state index in [1.807, 2.05) is 0 Å². The molecule has 1 atom stereocenters. The van der Waals surface area contributed by atoms with Crippen molar-refractivity contribution in [2.24, 2.45) is 5.92 Å². The van der Waals surface area contributed by atoms with Crippen molar-refractivity contribution in [1.82, 2.24) is 0 Å². The van der Waals surface area contributed by atoms with Crippen molar-refractivity contribution >= 4 is 25.7 Å². The Morgan fingerprint density at radius 1 is 1.52 bits per heavy atom. The number of aryl methyl sites for hydroxylation is 1. The first-order chi connectivity index (χ1) is 9.79. The highest BCUT2D eigenvalue weighted by molar-refractivity contribution is 8.13. The van der Waals surface area contributed by atoms with Gasteiger partial charge in [0, 0.05) is 23.2 Å². The van der Waals surface area contributed by atoms with Crippen molar-refractivity contribution < 1.29 is 27.1 Å². The standard InChI is InChI=1S/C13H14ClFO5S/c1-8-4-11(15)10(5-12(8)21(14,17)18)13(16)20-7-9-2-3-19-6-9/h4-5,9H,2-3,6-7H2,1H3. The third kappa shape index (κ3) is 3.93.